The van der Waals surface area contributed by atoms with Crippen LogP contribution in [0.2, 0.25) is 0 Å². The Morgan fingerprint density at radius 1 is 1.23 bits per heavy atom. The largest absolute Gasteiger partial charge is 0.492 e. The van der Waals surface area contributed by atoms with Crippen LogP contribution in [-0.2, 0) is 4.74 Å². The van der Waals surface area contributed by atoms with Crippen molar-refractivity contribution >= 4 is 17.8 Å². The number of pyridine rings is 2. The molecule has 0 saturated carbocycles. The maximum absolute atomic E-state index is 13.5. The normalized spacial score (nSPS) is 15.4. The van der Waals surface area contributed by atoms with E-state index in [1.807, 2.05) is 12.1 Å². The number of halogens is 1. The number of hydrogen-bond acceptors (Lipinski definition) is 6. The zero-order valence-corrected chi connectivity index (χ0v) is 15.3. The van der Waals surface area contributed by atoms with E-state index in [0.717, 1.165) is 50.0 Å². The van der Waals surface area contributed by atoms with E-state index in [9.17, 15) is 4.39 Å². The highest BCUT2D eigenvalue weighted by Crippen LogP contribution is 2.20. The molecule has 0 N–H and O–H groups in total. The molecule has 0 unspecified atom stereocenters. The molecule has 0 aromatic carbocycles. The van der Waals surface area contributed by atoms with E-state index in [2.05, 4.69) is 14.9 Å². The molecule has 3 rings (SSSR count). The van der Waals surface area contributed by atoms with Crippen molar-refractivity contribution in [2.75, 3.05) is 39.5 Å². The number of hydrogen-bond donors (Lipinski definition) is 0. The standard InChI is InChI=1S/C19H22FN3O2S/c20-17-3-1-7-21-18(17)6-14-26-19-5-4-16(15-22-19)25-11-2-8-23-9-12-24-13-10-23/h1,3-7,14-15H,2,8-13H2/b14-6+. The number of morpholine rings is 1. The number of rotatable bonds is 8. The van der Waals surface area contributed by atoms with Crippen molar-refractivity contribution in [1.29, 1.82) is 0 Å². The summed E-state index contributed by atoms with van der Waals surface area (Å²) in [5.41, 5.74) is 0.320. The minimum atomic E-state index is -0.335. The Bertz CT molecular complexity index is 706. The zero-order valence-electron chi connectivity index (χ0n) is 14.5. The van der Waals surface area contributed by atoms with Crippen molar-refractivity contribution in [3.63, 3.8) is 0 Å². The predicted molar refractivity (Wildman–Crippen MR) is 101 cm³/mol. The maximum atomic E-state index is 13.5. The number of ether oxygens (including phenoxy) is 2. The van der Waals surface area contributed by atoms with Gasteiger partial charge in [0.2, 0.25) is 0 Å². The maximum Gasteiger partial charge on any atom is 0.148 e. The molecule has 7 heteroatoms. The fourth-order valence-corrected chi connectivity index (χ4v) is 3.11. The van der Waals surface area contributed by atoms with E-state index < -0.39 is 0 Å². The van der Waals surface area contributed by atoms with Crippen LogP contribution in [-0.4, -0.2) is 54.3 Å². The fourth-order valence-electron chi connectivity index (χ4n) is 2.51. The first-order valence-electron chi connectivity index (χ1n) is 8.64. The summed E-state index contributed by atoms with van der Waals surface area (Å²) < 4.78 is 24.5. The van der Waals surface area contributed by atoms with Gasteiger partial charge in [-0.25, -0.2) is 9.37 Å². The monoisotopic (exact) mass is 375 g/mol. The summed E-state index contributed by atoms with van der Waals surface area (Å²) in [5, 5.41) is 2.59. The topological polar surface area (TPSA) is 47.5 Å². The van der Waals surface area contributed by atoms with E-state index in [0.29, 0.717) is 12.3 Å². The average Bonchev–Trinajstić information content (AvgIpc) is 2.69. The van der Waals surface area contributed by atoms with Crippen LogP contribution in [0.1, 0.15) is 12.1 Å². The summed E-state index contributed by atoms with van der Waals surface area (Å²) in [4.78, 5) is 10.7. The molecule has 2 aromatic rings. The minimum Gasteiger partial charge on any atom is -0.492 e. The van der Waals surface area contributed by atoms with Gasteiger partial charge in [-0.2, -0.15) is 0 Å². The van der Waals surface area contributed by atoms with Crippen LogP contribution < -0.4 is 4.74 Å². The lowest BCUT2D eigenvalue weighted by atomic mass is 10.3. The minimum absolute atomic E-state index is 0.320. The van der Waals surface area contributed by atoms with Gasteiger partial charge in [-0.15, -0.1) is 0 Å². The second-order valence-corrected chi connectivity index (χ2v) is 6.71. The Labute approximate surface area is 157 Å². The molecule has 0 radical (unpaired) electrons. The van der Waals surface area contributed by atoms with Gasteiger partial charge in [-0.3, -0.25) is 9.88 Å². The number of nitrogens with zero attached hydrogens (tertiary/aromatic N) is 3. The third-order valence-corrected chi connectivity index (χ3v) is 4.66. The van der Waals surface area contributed by atoms with Crippen LogP contribution >= 0.6 is 11.8 Å². The lowest BCUT2D eigenvalue weighted by molar-refractivity contribution is 0.0358. The summed E-state index contributed by atoms with van der Waals surface area (Å²) in [5.74, 6) is 0.425. The molecular weight excluding hydrogens is 353 g/mol. The third kappa shape index (κ3) is 6.09. The smallest absolute Gasteiger partial charge is 0.148 e. The van der Waals surface area contributed by atoms with E-state index in [-0.39, 0.29) is 5.82 Å². The van der Waals surface area contributed by atoms with Gasteiger partial charge >= 0.3 is 0 Å². The van der Waals surface area contributed by atoms with E-state index in [1.54, 1.807) is 29.9 Å². The van der Waals surface area contributed by atoms with Crippen LogP contribution in [0.25, 0.3) is 6.08 Å². The van der Waals surface area contributed by atoms with Crippen LogP contribution in [0.3, 0.4) is 0 Å². The molecule has 2 aromatic heterocycles. The van der Waals surface area contributed by atoms with Crippen LogP contribution in [0.4, 0.5) is 4.39 Å². The summed E-state index contributed by atoms with van der Waals surface area (Å²) in [6.07, 6.45) is 5.90. The number of aromatic nitrogens is 2. The Morgan fingerprint density at radius 2 is 2.12 bits per heavy atom. The molecule has 1 aliphatic heterocycles. The molecule has 3 heterocycles. The molecule has 0 amide bonds. The van der Waals surface area contributed by atoms with E-state index in [1.165, 1.54) is 17.8 Å². The second-order valence-electron chi connectivity index (χ2n) is 5.78. The predicted octanol–water partition coefficient (Wildman–Crippen LogP) is 3.48. The lowest BCUT2D eigenvalue weighted by Gasteiger charge is -2.26. The lowest BCUT2D eigenvalue weighted by Crippen LogP contribution is -2.37. The summed E-state index contributed by atoms with van der Waals surface area (Å²) >= 11 is 1.41. The van der Waals surface area contributed by atoms with Crippen molar-refractivity contribution in [1.82, 2.24) is 14.9 Å². The summed E-state index contributed by atoms with van der Waals surface area (Å²) in [7, 11) is 0. The number of thioether (sulfide) groups is 1. The molecule has 5 nitrogen and oxygen atoms in total. The molecule has 0 atom stereocenters. The van der Waals surface area contributed by atoms with E-state index in [4.69, 9.17) is 9.47 Å². The Balaban J connectivity index is 1.38. The Kier molecular flexibility index (Phi) is 7.42. The van der Waals surface area contributed by atoms with Crippen molar-refractivity contribution in [2.45, 2.75) is 11.4 Å². The molecule has 1 aliphatic rings. The van der Waals surface area contributed by atoms with Gasteiger partial charge in [-0.05, 0) is 42.2 Å². The van der Waals surface area contributed by atoms with Gasteiger partial charge in [0.25, 0.3) is 0 Å². The summed E-state index contributed by atoms with van der Waals surface area (Å²) in [6, 6.07) is 6.75. The van der Waals surface area contributed by atoms with Crippen LogP contribution in [0, 0.1) is 5.82 Å². The van der Waals surface area contributed by atoms with Gasteiger partial charge in [0.05, 0.1) is 31.7 Å². The van der Waals surface area contributed by atoms with Crippen molar-refractivity contribution in [3.05, 3.63) is 53.6 Å². The first-order valence-corrected chi connectivity index (χ1v) is 9.52. The zero-order chi connectivity index (χ0) is 18.0. The summed E-state index contributed by atoms with van der Waals surface area (Å²) in [6.45, 7) is 5.35. The van der Waals surface area contributed by atoms with Gasteiger partial charge in [-0.1, -0.05) is 11.8 Å². The highest BCUT2D eigenvalue weighted by molar-refractivity contribution is 8.02. The Morgan fingerprint density at radius 3 is 2.88 bits per heavy atom. The molecule has 1 fully saturated rings. The van der Waals surface area contributed by atoms with Gasteiger partial charge in [0.1, 0.15) is 16.6 Å². The average molecular weight is 375 g/mol. The molecule has 0 spiro atoms. The quantitative estimate of drug-likeness (QED) is 0.520. The van der Waals surface area contributed by atoms with Crippen molar-refractivity contribution in [3.8, 4) is 5.75 Å². The molecule has 26 heavy (non-hydrogen) atoms. The van der Waals surface area contributed by atoms with Crippen LogP contribution in [0.15, 0.2) is 47.1 Å². The van der Waals surface area contributed by atoms with Gasteiger partial charge in [0, 0.05) is 25.8 Å². The first-order chi connectivity index (χ1) is 12.8. The van der Waals surface area contributed by atoms with Crippen LogP contribution in [0.5, 0.6) is 5.75 Å². The molecule has 0 bridgehead atoms. The Hall–Kier alpha value is -1.96. The molecule has 1 saturated heterocycles. The first kappa shape index (κ1) is 18.8. The van der Waals surface area contributed by atoms with Gasteiger partial charge < -0.3 is 9.47 Å². The SMILES string of the molecule is Fc1cccnc1/C=C/Sc1ccc(OCCCN2CCOCC2)cn1. The second kappa shape index (κ2) is 10.3. The molecular formula is C19H22FN3O2S. The van der Waals surface area contributed by atoms with Gasteiger partial charge in [0.15, 0.2) is 0 Å². The van der Waals surface area contributed by atoms with Crippen molar-refractivity contribution < 1.29 is 13.9 Å². The van der Waals surface area contributed by atoms with Crippen molar-refractivity contribution in [2.24, 2.45) is 0 Å². The molecule has 0 aliphatic carbocycles. The highest BCUT2D eigenvalue weighted by Gasteiger charge is 2.09. The van der Waals surface area contributed by atoms with E-state index >= 15 is 0 Å². The third-order valence-electron chi connectivity index (χ3n) is 3.90. The molecule has 138 valence electrons. The highest BCUT2D eigenvalue weighted by atomic mass is 32.2. The fraction of sp³-hybridized carbons (Fsp3) is 0.368.